The van der Waals surface area contributed by atoms with E-state index in [2.05, 4.69) is 21.3 Å². The number of nitrogens with zero attached hydrogens (tertiary/aromatic N) is 2. The average molecular weight is 408 g/mol. The molecule has 0 amide bonds. The lowest BCUT2D eigenvalue weighted by Gasteiger charge is -2.41. The molecule has 0 aliphatic heterocycles. The van der Waals surface area contributed by atoms with E-state index in [0.29, 0.717) is 19.4 Å². The lowest BCUT2D eigenvalue weighted by atomic mass is 10.1. The first-order chi connectivity index (χ1) is 13.9. The molecule has 0 saturated heterocycles. The highest BCUT2D eigenvalue weighted by Crippen LogP contribution is 2.18. The molecule has 0 fully saturated rings. The van der Waals surface area contributed by atoms with Gasteiger partial charge in [0.2, 0.25) is 0 Å². The van der Waals surface area contributed by atoms with Crippen LogP contribution in [0.2, 0.25) is 0 Å². The summed E-state index contributed by atoms with van der Waals surface area (Å²) in [7, 11) is 3.88. The second-order valence-corrected chi connectivity index (χ2v) is 5.94. The van der Waals surface area contributed by atoms with E-state index in [4.69, 9.17) is 4.74 Å². The van der Waals surface area contributed by atoms with Crippen LogP contribution in [0.3, 0.4) is 0 Å². The molecule has 2 atom stereocenters. The summed E-state index contributed by atoms with van der Waals surface area (Å²) in [6.45, 7) is 6.60. The van der Waals surface area contributed by atoms with Crippen LogP contribution in [-0.4, -0.2) is 67.8 Å². The Morgan fingerprint density at radius 1 is 0.897 bits per heavy atom. The molecule has 162 valence electrons. The van der Waals surface area contributed by atoms with Gasteiger partial charge in [-0.2, -0.15) is 0 Å². The number of hydrogen-bond acceptors (Lipinski definition) is 8. The van der Waals surface area contributed by atoms with E-state index in [1.54, 1.807) is 12.4 Å². The molecule has 0 spiro atoms. The van der Waals surface area contributed by atoms with Gasteiger partial charge in [0.15, 0.2) is 0 Å². The molecule has 0 aliphatic carbocycles. The molecule has 0 heterocycles. The van der Waals surface area contributed by atoms with Crippen LogP contribution in [0.25, 0.3) is 0 Å². The van der Waals surface area contributed by atoms with E-state index < -0.39 is 17.9 Å². The molecule has 8 heteroatoms. The van der Waals surface area contributed by atoms with Gasteiger partial charge in [-0.1, -0.05) is 26.7 Å². The number of rotatable bonds is 11. The van der Waals surface area contributed by atoms with Gasteiger partial charge in [0.25, 0.3) is 0 Å². The number of carbonyl (C=O) groups excluding carboxylic acids is 3. The Morgan fingerprint density at radius 3 is 1.93 bits per heavy atom. The predicted molar refractivity (Wildman–Crippen MR) is 109 cm³/mol. The summed E-state index contributed by atoms with van der Waals surface area (Å²) in [6, 6.07) is -0.370. The van der Waals surface area contributed by atoms with E-state index >= 15 is 0 Å². The zero-order valence-corrected chi connectivity index (χ0v) is 18.1. The van der Waals surface area contributed by atoms with E-state index in [1.807, 2.05) is 30.6 Å². The first kappa shape index (κ1) is 26.1. The summed E-state index contributed by atoms with van der Waals surface area (Å²) >= 11 is 0. The van der Waals surface area contributed by atoms with Gasteiger partial charge < -0.3 is 24.0 Å². The minimum Gasteiger partial charge on any atom is -0.466 e. The van der Waals surface area contributed by atoms with Crippen LogP contribution in [0, 0.1) is 11.8 Å². The number of ether oxygens (including phenoxy) is 3. The fourth-order valence-electron chi connectivity index (χ4n) is 2.63. The Hall–Kier alpha value is -2.95. The van der Waals surface area contributed by atoms with Crippen molar-refractivity contribution in [1.29, 1.82) is 0 Å². The maximum absolute atomic E-state index is 11.7. The van der Waals surface area contributed by atoms with Crippen molar-refractivity contribution < 1.29 is 28.6 Å². The van der Waals surface area contributed by atoms with Gasteiger partial charge >= 0.3 is 17.9 Å². The summed E-state index contributed by atoms with van der Waals surface area (Å²) in [4.78, 5) is 38.5. The molecular weight excluding hydrogens is 376 g/mol. The molecule has 29 heavy (non-hydrogen) atoms. The molecule has 0 radical (unpaired) electrons. The zero-order chi connectivity index (χ0) is 22.2. The number of hydrogen-bond donors (Lipinski definition) is 0. The average Bonchev–Trinajstić information content (AvgIpc) is 2.74. The van der Waals surface area contributed by atoms with Crippen LogP contribution in [0.15, 0.2) is 24.6 Å². The van der Waals surface area contributed by atoms with Crippen molar-refractivity contribution in [3.8, 4) is 11.8 Å². The van der Waals surface area contributed by atoms with E-state index in [1.165, 1.54) is 33.5 Å². The minimum absolute atomic E-state index is 0.228. The molecule has 2 unspecified atom stereocenters. The third-order valence-corrected chi connectivity index (χ3v) is 4.03. The van der Waals surface area contributed by atoms with Gasteiger partial charge in [-0.05, 0) is 19.3 Å². The quantitative estimate of drug-likeness (QED) is 0.128. The molecule has 0 bridgehead atoms. The van der Waals surface area contributed by atoms with Crippen LogP contribution in [0.4, 0.5) is 0 Å². The first-order valence-corrected chi connectivity index (χ1v) is 9.53. The summed E-state index contributed by atoms with van der Waals surface area (Å²) < 4.78 is 14.0. The van der Waals surface area contributed by atoms with Gasteiger partial charge in [0.05, 0.1) is 27.4 Å². The Kier molecular flexibility index (Phi) is 13.5. The molecule has 0 saturated carbocycles. The lowest BCUT2D eigenvalue weighted by molar-refractivity contribution is -0.135. The maximum atomic E-state index is 11.7. The normalized spacial score (nSPS) is 12.6. The molecule has 0 N–H and O–H groups in total. The predicted octanol–water partition coefficient (Wildman–Crippen LogP) is 2.06. The van der Waals surface area contributed by atoms with E-state index in [9.17, 15) is 14.4 Å². The van der Waals surface area contributed by atoms with Gasteiger partial charge in [-0.15, -0.1) is 0 Å². The Balaban J connectivity index is 6.08. The fourth-order valence-corrected chi connectivity index (χ4v) is 2.63. The molecule has 0 aromatic heterocycles. The van der Waals surface area contributed by atoms with E-state index in [-0.39, 0.29) is 12.2 Å². The molecule has 0 rings (SSSR count). The second kappa shape index (κ2) is 15.0. The highest BCUT2D eigenvalue weighted by Gasteiger charge is 2.24. The van der Waals surface area contributed by atoms with Crippen molar-refractivity contribution in [2.24, 2.45) is 0 Å². The molecule has 0 aromatic rings. The van der Waals surface area contributed by atoms with Crippen molar-refractivity contribution in [2.75, 3.05) is 27.9 Å². The van der Waals surface area contributed by atoms with Crippen molar-refractivity contribution in [2.45, 2.75) is 52.2 Å². The molecule has 0 aliphatic rings. The van der Waals surface area contributed by atoms with Crippen LogP contribution >= 0.6 is 0 Å². The Labute approximate surface area is 173 Å². The van der Waals surface area contributed by atoms with Crippen molar-refractivity contribution in [3.63, 3.8) is 0 Å². The van der Waals surface area contributed by atoms with Crippen LogP contribution in [-0.2, 0) is 28.6 Å². The second-order valence-electron chi connectivity index (χ2n) is 5.94. The number of methoxy groups -OCH3 is 3. The monoisotopic (exact) mass is 408 g/mol. The van der Waals surface area contributed by atoms with Gasteiger partial charge in [0.1, 0.15) is 6.17 Å². The number of carbonyl (C=O) groups is 3. The highest BCUT2D eigenvalue weighted by atomic mass is 16.5. The highest BCUT2D eigenvalue weighted by molar-refractivity contribution is 5.88. The SMILES string of the molecule is CCCN(/C=C/C(=O)OC)C(CC)N(/C=C/C(=O)OC)C(C#CC(=O)OC)CC. The van der Waals surface area contributed by atoms with E-state index in [0.717, 1.165) is 6.42 Å². The van der Waals surface area contributed by atoms with Crippen LogP contribution in [0.5, 0.6) is 0 Å². The smallest absolute Gasteiger partial charge is 0.384 e. The van der Waals surface area contributed by atoms with Crippen molar-refractivity contribution in [3.05, 3.63) is 24.6 Å². The molecule has 8 nitrogen and oxygen atoms in total. The first-order valence-electron chi connectivity index (χ1n) is 9.53. The zero-order valence-electron chi connectivity index (χ0n) is 18.1. The van der Waals surface area contributed by atoms with Gasteiger partial charge in [-0.25, -0.2) is 14.4 Å². The topological polar surface area (TPSA) is 85.4 Å². The molecule has 0 aromatic carbocycles. The Morgan fingerprint density at radius 2 is 1.48 bits per heavy atom. The fraction of sp³-hybridized carbons (Fsp3) is 0.571. The third kappa shape index (κ3) is 9.70. The van der Waals surface area contributed by atoms with Gasteiger partial charge in [-0.3, -0.25) is 0 Å². The maximum Gasteiger partial charge on any atom is 0.384 e. The lowest BCUT2D eigenvalue weighted by Crippen LogP contribution is -2.48. The summed E-state index contributed by atoms with van der Waals surface area (Å²) in [5.74, 6) is 3.76. The minimum atomic E-state index is -0.635. The Bertz CT molecular complexity index is 647. The third-order valence-electron chi connectivity index (χ3n) is 4.03. The van der Waals surface area contributed by atoms with Crippen LogP contribution in [0.1, 0.15) is 40.0 Å². The van der Waals surface area contributed by atoms with Crippen LogP contribution < -0.4 is 0 Å². The van der Waals surface area contributed by atoms with Crippen molar-refractivity contribution >= 4 is 17.9 Å². The summed E-state index contributed by atoms with van der Waals surface area (Å²) in [5.41, 5.74) is 0. The summed E-state index contributed by atoms with van der Waals surface area (Å²) in [5, 5.41) is 0. The summed E-state index contributed by atoms with van der Waals surface area (Å²) in [6.07, 6.45) is 7.79. The standard InChI is InChI=1S/C21H32N2O6/c1-7-14-22(15-12-20(25)28-5)18(9-3)23(16-13-21(26)29-6)17(8-2)10-11-19(24)27-4/h12-13,15-18H,7-9,14H2,1-6H3/b15-12+,16-13+. The largest absolute Gasteiger partial charge is 0.466 e. The number of esters is 3. The van der Waals surface area contributed by atoms with Gasteiger partial charge in [0, 0.05) is 37.0 Å². The van der Waals surface area contributed by atoms with Crippen molar-refractivity contribution in [1.82, 2.24) is 9.80 Å². The molecular formula is C21H32N2O6.